The lowest BCUT2D eigenvalue weighted by atomic mass is 9.81. The first-order chi connectivity index (χ1) is 7.57. The Labute approximate surface area is 102 Å². The maximum Gasteiger partial charge on any atom is 0.0890 e. The van der Waals surface area contributed by atoms with Gasteiger partial charge in [-0.2, -0.15) is 0 Å². The van der Waals surface area contributed by atoms with Crippen molar-refractivity contribution in [3.63, 3.8) is 0 Å². The highest BCUT2D eigenvalue weighted by Crippen LogP contribution is 2.38. The summed E-state index contributed by atoms with van der Waals surface area (Å²) in [6.07, 6.45) is 5.88. The van der Waals surface area contributed by atoms with Crippen molar-refractivity contribution < 1.29 is 4.48 Å². The molecule has 0 N–H and O–H groups in total. The molecule has 16 heavy (non-hydrogen) atoms. The first kappa shape index (κ1) is 12.4. The van der Waals surface area contributed by atoms with E-state index in [-0.39, 0.29) is 0 Å². The minimum absolute atomic E-state index is 0.889. The molecule has 0 radical (unpaired) electrons. The zero-order valence-electron chi connectivity index (χ0n) is 11.7. The van der Waals surface area contributed by atoms with E-state index in [9.17, 15) is 0 Å². The molecule has 1 spiro atoms. The van der Waals surface area contributed by atoms with Crippen LogP contribution in [-0.4, -0.2) is 30.2 Å². The van der Waals surface area contributed by atoms with Crippen molar-refractivity contribution in [2.24, 2.45) is 17.8 Å². The van der Waals surface area contributed by atoms with Crippen LogP contribution in [0.5, 0.6) is 0 Å². The van der Waals surface area contributed by atoms with Gasteiger partial charge in [0.2, 0.25) is 0 Å². The Bertz CT molecular complexity index is 230. The highest BCUT2D eigenvalue weighted by atomic mass is 15.4. The Morgan fingerprint density at radius 3 is 2.00 bits per heavy atom. The summed E-state index contributed by atoms with van der Waals surface area (Å²) >= 11 is 0. The molecule has 0 aromatic heterocycles. The predicted octanol–water partition coefficient (Wildman–Crippen LogP) is 3.69. The van der Waals surface area contributed by atoms with Crippen LogP contribution < -0.4 is 0 Å². The van der Waals surface area contributed by atoms with E-state index in [0.29, 0.717) is 0 Å². The molecule has 4 atom stereocenters. The topological polar surface area (TPSA) is 0 Å². The lowest BCUT2D eigenvalue weighted by Gasteiger charge is -2.47. The number of rotatable bonds is 0. The van der Waals surface area contributed by atoms with Gasteiger partial charge in [-0.05, 0) is 44.4 Å². The summed E-state index contributed by atoms with van der Waals surface area (Å²) < 4.78 is 1.45. The van der Waals surface area contributed by atoms with Crippen molar-refractivity contribution >= 4 is 0 Å². The minimum atomic E-state index is 0.889. The van der Waals surface area contributed by atoms with E-state index >= 15 is 0 Å². The van der Waals surface area contributed by atoms with Crippen molar-refractivity contribution in [2.75, 3.05) is 19.6 Å². The van der Waals surface area contributed by atoms with Crippen molar-refractivity contribution in [3.05, 3.63) is 0 Å². The smallest absolute Gasteiger partial charge is 0.0890 e. The van der Waals surface area contributed by atoms with Crippen LogP contribution in [0, 0.1) is 17.8 Å². The fraction of sp³-hybridized carbons (Fsp3) is 1.00. The van der Waals surface area contributed by atoms with E-state index in [1.807, 2.05) is 0 Å². The molecule has 4 unspecified atom stereocenters. The maximum atomic E-state index is 2.53. The van der Waals surface area contributed by atoms with Crippen LogP contribution in [0.1, 0.15) is 53.4 Å². The molecule has 1 nitrogen and oxygen atoms in total. The molecule has 2 heterocycles. The van der Waals surface area contributed by atoms with Crippen molar-refractivity contribution in [1.29, 1.82) is 0 Å². The maximum absolute atomic E-state index is 2.53. The van der Waals surface area contributed by atoms with Gasteiger partial charge in [-0.3, -0.25) is 0 Å². The predicted molar refractivity (Wildman–Crippen MR) is 70.3 cm³/mol. The molecule has 2 aliphatic rings. The molecule has 0 amide bonds. The summed E-state index contributed by atoms with van der Waals surface area (Å²) in [5.41, 5.74) is 0. The minimum Gasteiger partial charge on any atom is -0.321 e. The third-order valence-corrected chi connectivity index (χ3v) is 6.09. The number of quaternary nitrogens is 1. The molecule has 2 aliphatic heterocycles. The van der Waals surface area contributed by atoms with E-state index in [4.69, 9.17) is 0 Å². The number of nitrogens with zero attached hydrogens (tertiary/aromatic N) is 1. The first-order valence-electron chi connectivity index (χ1n) is 7.42. The number of hydrogen-bond acceptors (Lipinski definition) is 0. The Hall–Kier alpha value is -0.0400. The molecule has 1 heteroatoms. The largest absolute Gasteiger partial charge is 0.321 e. The number of hydrogen-bond donors (Lipinski definition) is 0. The second kappa shape index (κ2) is 4.68. The van der Waals surface area contributed by atoms with Gasteiger partial charge >= 0.3 is 0 Å². The second-order valence-electron chi connectivity index (χ2n) is 6.67. The Kier molecular flexibility index (Phi) is 3.63. The second-order valence-corrected chi connectivity index (χ2v) is 6.67. The van der Waals surface area contributed by atoms with E-state index in [1.165, 1.54) is 49.8 Å². The van der Waals surface area contributed by atoms with E-state index in [0.717, 1.165) is 23.8 Å². The third kappa shape index (κ3) is 2.03. The van der Waals surface area contributed by atoms with Gasteiger partial charge in [0.1, 0.15) is 0 Å². The average molecular weight is 224 g/mol. The summed E-state index contributed by atoms with van der Waals surface area (Å²) in [6, 6.07) is 0.889. The highest BCUT2D eigenvalue weighted by Gasteiger charge is 2.43. The van der Waals surface area contributed by atoms with Crippen LogP contribution in [0.25, 0.3) is 0 Å². The quantitative estimate of drug-likeness (QED) is 0.551. The molecule has 2 rings (SSSR count). The molecule has 0 aromatic carbocycles. The van der Waals surface area contributed by atoms with Gasteiger partial charge < -0.3 is 4.48 Å². The number of piperidine rings is 1. The first-order valence-corrected chi connectivity index (χ1v) is 7.42. The zero-order chi connectivity index (χ0) is 11.8. The van der Waals surface area contributed by atoms with Crippen LogP contribution in [0.15, 0.2) is 0 Å². The molecule has 0 bridgehead atoms. The fourth-order valence-electron chi connectivity index (χ4n) is 4.16. The molecule has 2 saturated heterocycles. The summed E-state index contributed by atoms with van der Waals surface area (Å²) in [5, 5.41) is 0. The normalized spacial score (nSPS) is 44.2. The van der Waals surface area contributed by atoms with Gasteiger partial charge in [-0.1, -0.05) is 20.8 Å². The van der Waals surface area contributed by atoms with Crippen LogP contribution >= 0.6 is 0 Å². The molecular weight excluding hydrogens is 194 g/mol. The van der Waals surface area contributed by atoms with Gasteiger partial charge in [-0.25, -0.2) is 0 Å². The molecule has 0 aliphatic carbocycles. The summed E-state index contributed by atoms with van der Waals surface area (Å²) in [5.74, 6) is 2.74. The highest BCUT2D eigenvalue weighted by molar-refractivity contribution is 4.78. The molecule has 2 fully saturated rings. The van der Waals surface area contributed by atoms with Crippen molar-refractivity contribution in [1.82, 2.24) is 0 Å². The van der Waals surface area contributed by atoms with Gasteiger partial charge in [0.15, 0.2) is 0 Å². The van der Waals surface area contributed by atoms with Crippen LogP contribution in [0.4, 0.5) is 0 Å². The molecular formula is C15H30N+. The Morgan fingerprint density at radius 2 is 1.38 bits per heavy atom. The fourth-order valence-corrected chi connectivity index (χ4v) is 4.16. The molecule has 94 valence electrons. The van der Waals surface area contributed by atoms with E-state index in [2.05, 4.69) is 27.7 Å². The monoisotopic (exact) mass is 224 g/mol. The standard InChI is InChI=1S/C15H30N/c1-12-8-11-16(9-6-5-7-10-16)15(4)14(3)13(12)2/h12-15H,5-11H2,1-4H3/q+1. The lowest BCUT2D eigenvalue weighted by Crippen LogP contribution is -2.59. The van der Waals surface area contributed by atoms with Crippen LogP contribution in [-0.2, 0) is 0 Å². The molecule has 0 aromatic rings. The van der Waals surface area contributed by atoms with Gasteiger partial charge in [0.25, 0.3) is 0 Å². The third-order valence-electron chi connectivity index (χ3n) is 6.09. The Balaban J connectivity index is 2.19. The van der Waals surface area contributed by atoms with Crippen LogP contribution in [0.2, 0.25) is 0 Å². The van der Waals surface area contributed by atoms with Gasteiger partial charge in [-0.15, -0.1) is 0 Å². The van der Waals surface area contributed by atoms with Gasteiger partial charge in [0.05, 0.1) is 25.7 Å². The van der Waals surface area contributed by atoms with Crippen molar-refractivity contribution in [2.45, 2.75) is 59.4 Å². The van der Waals surface area contributed by atoms with Gasteiger partial charge in [0, 0.05) is 5.92 Å². The Morgan fingerprint density at radius 1 is 0.750 bits per heavy atom. The zero-order valence-corrected chi connectivity index (χ0v) is 11.7. The van der Waals surface area contributed by atoms with Crippen LogP contribution in [0.3, 0.4) is 0 Å². The average Bonchev–Trinajstić information content (AvgIpc) is 2.39. The summed E-state index contributed by atoms with van der Waals surface area (Å²) in [4.78, 5) is 0. The lowest BCUT2D eigenvalue weighted by molar-refractivity contribution is -0.956. The summed E-state index contributed by atoms with van der Waals surface area (Å²) in [6.45, 7) is 14.4. The summed E-state index contributed by atoms with van der Waals surface area (Å²) in [7, 11) is 0. The van der Waals surface area contributed by atoms with E-state index in [1.54, 1.807) is 0 Å². The SMILES string of the molecule is CC1CC[N+]2(CCCCC2)C(C)C(C)C1C. The molecule has 0 saturated carbocycles. The van der Waals surface area contributed by atoms with E-state index < -0.39 is 0 Å². The van der Waals surface area contributed by atoms with Crippen molar-refractivity contribution in [3.8, 4) is 0 Å².